The van der Waals surface area contributed by atoms with E-state index in [1.54, 1.807) is 32.0 Å². The monoisotopic (exact) mass is 416 g/mol. The fourth-order valence-corrected chi connectivity index (χ4v) is 3.64. The van der Waals surface area contributed by atoms with Crippen LogP contribution in [-0.4, -0.2) is 19.6 Å². The molecule has 0 atom stereocenters. The van der Waals surface area contributed by atoms with Gasteiger partial charge in [-0.25, -0.2) is 4.79 Å². The largest absolute Gasteiger partial charge is 0.332 e. The molecule has 0 aliphatic rings. The molecule has 9 heteroatoms. The van der Waals surface area contributed by atoms with Crippen LogP contribution in [0.25, 0.3) is 11.0 Å². The summed E-state index contributed by atoms with van der Waals surface area (Å²) < 4.78 is 3.55. The second kappa shape index (κ2) is 7.71. The van der Waals surface area contributed by atoms with Crippen LogP contribution in [0.4, 0.5) is 5.69 Å². The molecule has 2 aromatic heterocycles. The van der Waals surface area contributed by atoms with Crippen LogP contribution >= 0.6 is 11.6 Å². The summed E-state index contributed by atoms with van der Waals surface area (Å²) in [7, 11) is 1.47. The third-order valence-electron chi connectivity index (χ3n) is 4.83. The van der Waals surface area contributed by atoms with Gasteiger partial charge in [0.25, 0.3) is 17.0 Å². The summed E-state index contributed by atoms with van der Waals surface area (Å²) in [5.74, 6) is -0.653. The molecule has 0 radical (unpaired) electrons. The smallest absolute Gasteiger partial charge is 0.321 e. The van der Waals surface area contributed by atoms with Crippen LogP contribution in [0, 0.1) is 6.92 Å². The Kier molecular flexibility index (Phi) is 5.48. The predicted octanol–water partition coefficient (Wildman–Crippen LogP) is 2.12. The molecule has 0 fully saturated rings. The number of hydrogen-bond donors (Lipinski definition) is 1. The van der Waals surface area contributed by atoms with E-state index in [-0.39, 0.29) is 29.7 Å². The molecule has 1 N–H and O–H groups in total. The average molecular weight is 417 g/mol. The van der Waals surface area contributed by atoms with Gasteiger partial charge in [-0.1, -0.05) is 17.7 Å². The Hall–Kier alpha value is -3.13. The van der Waals surface area contributed by atoms with Crippen LogP contribution in [0.2, 0.25) is 5.02 Å². The van der Waals surface area contributed by atoms with Crippen molar-refractivity contribution in [1.29, 1.82) is 0 Å². The molecule has 0 spiro atoms. The minimum absolute atomic E-state index is 0.0103. The molecule has 152 valence electrons. The van der Waals surface area contributed by atoms with Gasteiger partial charge in [-0.05, 0) is 38.5 Å². The van der Waals surface area contributed by atoms with Crippen LogP contribution in [0.3, 0.4) is 0 Å². The molecule has 3 aromatic rings. The SMILES string of the molecule is CCn1c(=O)c2c(C(=O)Nc3ccc(C)cc3Cl)cc(=O)n(CC)c2n(C)c1=O. The van der Waals surface area contributed by atoms with Crippen LogP contribution < -0.4 is 22.1 Å². The van der Waals surface area contributed by atoms with E-state index in [0.29, 0.717) is 10.7 Å². The molecule has 1 amide bonds. The number of halogens is 1. The quantitative estimate of drug-likeness (QED) is 0.704. The van der Waals surface area contributed by atoms with Gasteiger partial charge >= 0.3 is 5.69 Å². The number of hydrogen-bond acceptors (Lipinski definition) is 4. The molecule has 0 aliphatic carbocycles. The van der Waals surface area contributed by atoms with Gasteiger partial charge in [-0.2, -0.15) is 0 Å². The number of anilines is 1. The summed E-state index contributed by atoms with van der Waals surface area (Å²) in [6.45, 7) is 5.63. The van der Waals surface area contributed by atoms with E-state index in [2.05, 4.69) is 5.32 Å². The third-order valence-corrected chi connectivity index (χ3v) is 5.14. The van der Waals surface area contributed by atoms with E-state index in [1.165, 1.54) is 16.2 Å². The molecule has 0 bridgehead atoms. The number of nitrogens with zero attached hydrogens (tertiary/aromatic N) is 3. The molecule has 0 aliphatic heterocycles. The van der Waals surface area contributed by atoms with Crippen LogP contribution in [0.1, 0.15) is 29.8 Å². The number of benzene rings is 1. The summed E-state index contributed by atoms with van der Waals surface area (Å²) in [6.07, 6.45) is 0. The van der Waals surface area contributed by atoms with Gasteiger partial charge in [-0.3, -0.25) is 28.1 Å². The zero-order chi connectivity index (χ0) is 21.5. The van der Waals surface area contributed by atoms with Crippen molar-refractivity contribution in [3.05, 3.63) is 71.6 Å². The van der Waals surface area contributed by atoms with Gasteiger partial charge in [0, 0.05) is 26.2 Å². The van der Waals surface area contributed by atoms with Gasteiger partial charge in [0.05, 0.1) is 21.7 Å². The van der Waals surface area contributed by atoms with Crippen molar-refractivity contribution in [3.63, 3.8) is 0 Å². The summed E-state index contributed by atoms with van der Waals surface area (Å²) in [4.78, 5) is 51.2. The maximum atomic E-state index is 13.0. The topological polar surface area (TPSA) is 95.1 Å². The average Bonchev–Trinajstić information content (AvgIpc) is 2.67. The number of nitrogens with one attached hydrogen (secondary N) is 1. The predicted molar refractivity (Wildman–Crippen MR) is 113 cm³/mol. The van der Waals surface area contributed by atoms with E-state index in [1.807, 2.05) is 6.92 Å². The summed E-state index contributed by atoms with van der Waals surface area (Å²) in [6, 6.07) is 6.24. The normalized spacial score (nSPS) is 11.1. The molecule has 2 heterocycles. The summed E-state index contributed by atoms with van der Waals surface area (Å²) in [5.41, 5.74) is -0.364. The Balaban J connectivity index is 2.34. The zero-order valence-electron chi connectivity index (χ0n) is 16.6. The van der Waals surface area contributed by atoms with Crippen LogP contribution in [-0.2, 0) is 20.1 Å². The second-order valence-corrected chi connectivity index (χ2v) is 7.07. The van der Waals surface area contributed by atoms with Crippen molar-refractivity contribution < 1.29 is 4.79 Å². The van der Waals surface area contributed by atoms with Crippen molar-refractivity contribution in [1.82, 2.24) is 13.7 Å². The molecule has 0 saturated carbocycles. The van der Waals surface area contributed by atoms with E-state index in [9.17, 15) is 19.2 Å². The molecular weight excluding hydrogens is 396 g/mol. The Labute approximate surface area is 171 Å². The maximum absolute atomic E-state index is 13.0. The minimum atomic E-state index is -0.653. The van der Waals surface area contributed by atoms with Crippen molar-refractivity contribution >= 4 is 34.2 Å². The molecule has 29 heavy (non-hydrogen) atoms. The lowest BCUT2D eigenvalue weighted by atomic mass is 10.1. The van der Waals surface area contributed by atoms with Crippen molar-refractivity contribution in [3.8, 4) is 0 Å². The van der Waals surface area contributed by atoms with E-state index in [4.69, 9.17) is 11.6 Å². The fraction of sp³-hybridized carbons (Fsp3) is 0.300. The van der Waals surface area contributed by atoms with Crippen molar-refractivity contribution in [2.75, 3.05) is 5.32 Å². The van der Waals surface area contributed by atoms with Gasteiger partial charge in [0.2, 0.25) is 0 Å². The number of amides is 1. The number of carbonyl (C=O) groups excluding carboxylic acids is 1. The highest BCUT2D eigenvalue weighted by molar-refractivity contribution is 6.34. The lowest BCUT2D eigenvalue weighted by Crippen LogP contribution is -2.42. The van der Waals surface area contributed by atoms with Crippen LogP contribution in [0.15, 0.2) is 38.6 Å². The number of aryl methyl sites for hydroxylation is 3. The first-order chi connectivity index (χ1) is 13.7. The number of fused-ring (bicyclic) bond motifs is 1. The molecule has 1 aromatic carbocycles. The van der Waals surface area contributed by atoms with E-state index >= 15 is 0 Å². The molecule has 3 rings (SSSR count). The Morgan fingerprint density at radius 1 is 1.07 bits per heavy atom. The first-order valence-corrected chi connectivity index (χ1v) is 9.53. The highest BCUT2D eigenvalue weighted by atomic mass is 35.5. The maximum Gasteiger partial charge on any atom is 0.332 e. The number of rotatable bonds is 4. The highest BCUT2D eigenvalue weighted by Gasteiger charge is 2.22. The molecular formula is C20H21ClN4O4. The Bertz CT molecular complexity index is 1320. The second-order valence-electron chi connectivity index (χ2n) is 6.67. The summed E-state index contributed by atoms with van der Waals surface area (Å²) in [5, 5.41) is 3.00. The van der Waals surface area contributed by atoms with E-state index in [0.717, 1.165) is 16.2 Å². The number of pyridine rings is 1. The molecule has 8 nitrogen and oxygen atoms in total. The Morgan fingerprint density at radius 2 is 1.72 bits per heavy atom. The minimum Gasteiger partial charge on any atom is -0.321 e. The van der Waals surface area contributed by atoms with Gasteiger partial charge in [0.15, 0.2) is 0 Å². The van der Waals surface area contributed by atoms with Gasteiger partial charge in [-0.15, -0.1) is 0 Å². The molecule has 0 saturated heterocycles. The zero-order valence-corrected chi connectivity index (χ0v) is 17.3. The number of aromatic nitrogens is 3. The number of carbonyl (C=O) groups is 1. The summed E-state index contributed by atoms with van der Waals surface area (Å²) >= 11 is 6.19. The van der Waals surface area contributed by atoms with Gasteiger partial charge in [0.1, 0.15) is 5.65 Å². The first kappa shape index (κ1) is 20.6. The molecule has 0 unspecified atom stereocenters. The van der Waals surface area contributed by atoms with Crippen LogP contribution in [0.5, 0.6) is 0 Å². The fourth-order valence-electron chi connectivity index (χ4n) is 3.36. The Morgan fingerprint density at radius 3 is 2.31 bits per heavy atom. The highest BCUT2D eigenvalue weighted by Crippen LogP contribution is 2.24. The van der Waals surface area contributed by atoms with Crippen molar-refractivity contribution in [2.45, 2.75) is 33.9 Å². The first-order valence-electron chi connectivity index (χ1n) is 9.16. The third kappa shape index (κ3) is 3.40. The van der Waals surface area contributed by atoms with Crippen molar-refractivity contribution in [2.24, 2.45) is 7.05 Å². The van der Waals surface area contributed by atoms with Gasteiger partial charge < -0.3 is 5.32 Å². The standard InChI is InChI=1S/C20H21ClN4O4/c1-5-24-15(26)10-12(17(27)22-14-8-7-11(3)9-13(14)21)16-18(24)23(4)20(29)25(6-2)19(16)28/h7-10H,5-6H2,1-4H3,(H,22,27). The van der Waals surface area contributed by atoms with E-state index < -0.39 is 22.7 Å². The lowest BCUT2D eigenvalue weighted by molar-refractivity contribution is 0.102. The lowest BCUT2D eigenvalue weighted by Gasteiger charge is -2.16.